The van der Waals surface area contributed by atoms with Crippen LogP contribution in [0.2, 0.25) is 0 Å². The number of benzene rings is 3. The van der Waals surface area contributed by atoms with Crippen LogP contribution < -0.4 is 10.2 Å². The lowest BCUT2D eigenvalue weighted by Crippen LogP contribution is -2.46. The number of anilines is 1. The lowest BCUT2D eigenvalue weighted by molar-refractivity contribution is 0.244. The molecule has 1 atom stereocenters. The molecule has 0 fully saturated rings. The first-order valence-electron chi connectivity index (χ1n) is 11.6. The number of aromatic nitrogens is 2. The van der Waals surface area contributed by atoms with Crippen molar-refractivity contribution in [2.75, 3.05) is 4.90 Å². The lowest BCUT2D eigenvalue weighted by Gasteiger charge is -2.35. The number of urea groups is 1. The Balaban J connectivity index is 1.64. The summed E-state index contributed by atoms with van der Waals surface area (Å²) in [6, 6.07) is 17.1. The summed E-state index contributed by atoms with van der Waals surface area (Å²) in [7, 11) is 0. The summed E-state index contributed by atoms with van der Waals surface area (Å²) >= 11 is 0. The van der Waals surface area contributed by atoms with E-state index in [0.717, 1.165) is 12.0 Å². The molecule has 1 aromatic heterocycles. The number of nitrogens with zero attached hydrogens (tertiary/aromatic N) is 3. The fourth-order valence-corrected chi connectivity index (χ4v) is 4.33. The van der Waals surface area contributed by atoms with Crippen molar-refractivity contribution in [2.45, 2.75) is 33.2 Å². The molecule has 2 amide bonds. The molecular weight excluding hydrogens is 462 g/mol. The van der Waals surface area contributed by atoms with Gasteiger partial charge in [-0.2, -0.15) is 4.98 Å². The van der Waals surface area contributed by atoms with Crippen LogP contribution in [-0.4, -0.2) is 16.2 Å². The molecule has 1 unspecified atom stereocenters. The lowest BCUT2D eigenvalue weighted by atomic mass is 9.94. The number of allylic oxidation sites excluding steroid dienone is 1. The summed E-state index contributed by atoms with van der Waals surface area (Å²) < 4.78 is 34.2. The maximum absolute atomic E-state index is 14.4. The van der Waals surface area contributed by atoms with E-state index in [0.29, 0.717) is 33.9 Å². The number of carbonyl (C=O) groups excluding carboxylic acids is 1. The highest BCUT2D eigenvalue weighted by atomic mass is 19.1. The molecule has 8 heteroatoms. The zero-order valence-electron chi connectivity index (χ0n) is 20.0. The first kappa shape index (κ1) is 23.4. The average molecular weight is 487 g/mol. The van der Waals surface area contributed by atoms with E-state index < -0.39 is 23.7 Å². The number of rotatable bonds is 5. The topological polar surface area (TPSA) is 71.3 Å². The predicted molar refractivity (Wildman–Crippen MR) is 133 cm³/mol. The van der Waals surface area contributed by atoms with Gasteiger partial charge in [-0.25, -0.2) is 13.6 Å². The van der Waals surface area contributed by atoms with Gasteiger partial charge in [-0.1, -0.05) is 54.5 Å². The minimum absolute atomic E-state index is 0.175. The van der Waals surface area contributed by atoms with Crippen LogP contribution in [-0.2, 0) is 6.42 Å². The third-order valence-corrected chi connectivity index (χ3v) is 6.36. The van der Waals surface area contributed by atoms with Gasteiger partial charge >= 0.3 is 6.03 Å². The monoisotopic (exact) mass is 486 g/mol. The molecule has 0 aliphatic carbocycles. The second kappa shape index (κ2) is 9.37. The van der Waals surface area contributed by atoms with Gasteiger partial charge in [0.25, 0.3) is 5.89 Å². The second-order valence-corrected chi connectivity index (χ2v) is 8.68. The quantitative estimate of drug-likeness (QED) is 0.346. The van der Waals surface area contributed by atoms with E-state index in [1.807, 2.05) is 24.3 Å². The van der Waals surface area contributed by atoms with Gasteiger partial charge < -0.3 is 9.84 Å². The van der Waals surface area contributed by atoms with E-state index in [1.54, 1.807) is 38.1 Å². The smallest absolute Gasteiger partial charge is 0.327 e. The number of nitrogens with one attached hydrogen (secondary N) is 1. The van der Waals surface area contributed by atoms with E-state index in [9.17, 15) is 13.6 Å². The third-order valence-electron chi connectivity index (χ3n) is 6.36. The largest absolute Gasteiger partial charge is 0.334 e. The zero-order valence-corrected chi connectivity index (χ0v) is 20.0. The van der Waals surface area contributed by atoms with Crippen LogP contribution in [0.25, 0.3) is 17.0 Å². The Kier molecular flexibility index (Phi) is 6.10. The van der Waals surface area contributed by atoms with Crippen LogP contribution in [0.15, 0.2) is 77.0 Å². The van der Waals surface area contributed by atoms with E-state index in [1.165, 1.54) is 28.7 Å². The van der Waals surface area contributed by atoms with E-state index in [-0.39, 0.29) is 5.89 Å². The highest BCUT2D eigenvalue weighted by Crippen LogP contribution is 2.39. The maximum Gasteiger partial charge on any atom is 0.327 e. The Bertz CT molecular complexity index is 1480. The number of aryl methyl sites for hydroxylation is 2. The highest BCUT2D eigenvalue weighted by molar-refractivity contribution is 6.01. The molecule has 1 aliphatic heterocycles. The van der Waals surface area contributed by atoms with Gasteiger partial charge in [0.05, 0.1) is 17.3 Å². The Morgan fingerprint density at radius 2 is 1.81 bits per heavy atom. The van der Waals surface area contributed by atoms with Gasteiger partial charge in [0.2, 0.25) is 5.82 Å². The van der Waals surface area contributed by atoms with Crippen molar-refractivity contribution < 1.29 is 18.1 Å². The van der Waals surface area contributed by atoms with Crippen molar-refractivity contribution in [3.05, 3.63) is 107 Å². The van der Waals surface area contributed by atoms with Crippen LogP contribution in [0.5, 0.6) is 0 Å². The van der Waals surface area contributed by atoms with Crippen LogP contribution in [0.4, 0.5) is 19.3 Å². The van der Waals surface area contributed by atoms with Crippen LogP contribution in [0.3, 0.4) is 0 Å². The normalized spacial score (nSPS) is 15.9. The number of hydrogen-bond acceptors (Lipinski definition) is 4. The molecule has 36 heavy (non-hydrogen) atoms. The van der Waals surface area contributed by atoms with Crippen molar-refractivity contribution in [1.29, 1.82) is 0 Å². The Morgan fingerprint density at radius 3 is 2.50 bits per heavy atom. The first-order chi connectivity index (χ1) is 17.4. The molecule has 0 spiro atoms. The zero-order chi connectivity index (χ0) is 25.4. The van der Waals surface area contributed by atoms with Crippen molar-refractivity contribution in [1.82, 2.24) is 15.5 Å². The summed E-state index contributed by atoms with van der Waals surface area (Å²) in [5.41, 5.74) is 4.24. The van der Waals surface area contributed by atoms with Crippen molar-refractivity contribution in [3.8, 4) is 11.4 Å². The highest BCUT2D eigenvalue weighted by Gasteiger charge is 2.36. The van der Waals surface area contributed by atoms with Gasteiger partial charge in [-0.05, 0) is 61.2 Å². The van der Waals surface area contributed by atoms with Crippen LogP contribution >= 0.6 is 0 Å². The van der Waals surface area contributed by atoms with Crippen LogP contribution in [0.1, 0.15) is 42.5 Å². The van der Waals surface area contributed by atoms with Gasteiger partial charge in [0, 0.05) is 11.3 Å². The van der Waals surface area contributed by atoms with Gasteiger partial charge in [-0.3, -0.25) is 4.90 Å². The number of halogens is 2. The van der Waals surface area contributed by atoms with E-state index in [2.05, 4.69) is 22.4 Å². The number of carbonyl (C=O) groups is 1. The molecule has 4 aromatic rings. The molecule has 0 bridgehead atoms. The molecule has 0 saturated heterocycles. The molecule has 0 radical (unpaired) electrons. The molecule has 2 heterocycles. The van der Waals surface area contributed by atoms with Gasteiger partial charge in [0.1, 0.15) is 11.6 Å². The molecular formula is C28H24F2N4O2. The fraction of sp³-hybridized carbons (Fsp3) is 0.179. The SMILES string of the molecule is CCc1ccc(-c2noc(C3=C(C)N(c4ccc(C)c(F)c4)C(=O)NC3c3cccc(F)c3)n2)cc1. The molecule has 3 aromatic carbocycles. The Morgan fingerprint density at radius 1 is 1.03 bits per heavy atom. The molecule has 1 aliphatic rings. The molecule has 0 saturated carbocycles. The standard InChI is InChI=1S/C28H24F2N4O2/c1-4-18-9-11-19(12-10-18)26-32-27(36-33-26)24-17(3)34(22-13-8-16(2)23(30)15-22)28(35)31-25(24)20-6-5-7-21(29)14-20/h5-15,25H,4H2,1-3H3,(H,31,35). The minimum Gasteiger partial charge on any atom is -0.334 e. The summed E-state index contributed by atoms with van der Waals surface area (Å²) in [5, 5.41) is 7.05. The van der Waals surface area contributed by atoms with Gasteiger partial charge in [-0.15, -0.1) is 0 Å². The Labute approximate surface area is 207 Å². The van der Waals surface area contributed by atoms with E-state index >= 15 is 0 Å². The summed E-state index contributed by atoms with van der Waals surface area (Å²) in [6.07, 6.45) is 0.911. The van der Waals surface area contributed by atoms with E-state index in [4.69, 9.17) is 4.52 Å². The van der Waals surface area contributed by atoms with Gasteiger partial charge in [0.15, 0.2) is 0 Å². The van der Waals surface area contributed by atoms with Crippen molar-refractivity contribution in [3.63, 3.8) is 0 Å². The van der Waals surface area contributed by atoms with Crippen molar-refractivity contribution in [2.24, 2.45) is 0 Å². The number of hydrogen-bond donors (Lipinski definition) is 1. The van der Waals surface area contributed by atoms with Crippen molar-refractivity contribution >= 4 is 17.3 Å². The summed E-state index contributed by atoms with van der Waals surface area (Å²) in [5.74, 6) is -0.314. The molecule has 6 nitrogen and oxygen atoms in total. The molecule has 5 rings (SSSR count). The molecule has 1 N–H and O–H groups in total. The van der Waals surface area contributed by atoms with Crippen LogP contribution in [0, 0.1) is 18.6 Å². The molecule has 182 valence electrons. The summed E-state index contributed by atoms with van der Waals surface area (Å²) in [4.78, 5) is 19.2. The number of amides is 2. The predicted octanol–water partition coefficient (Wildman–Crippen LogP) is 6.59. The fourth-order valence-electron chi connectivity index (χ4n) is 4.33. The summed E-state index contributed by atoms with van der Waals surface area (Å²) in [6.45, 7) is 5.45. The average Bonchev–Trinajstić information content (AvgIpc) is 3.35. The second-order valence-electron chi connectivity index (χ2n) is 8.68. The first-order valence-corrected chi connectivity index (χ1v) is 11.6. The maximum atomic E-state index is 14.4. The minimum atomic E-state index is -0.754. The Hall–Kier alpha value is -4.33. The third kappa shape index (κ3) is 4.26.